The van der Waals surface area contributed by atoms with Crippen LogP contribution < -0.4 is 4.90 Å². The Balaban J connectivity index is 2.07. The van der Waals surface area contributed by atoms with Crippen LogP contribution in [0.4, 0.5) is 5.69 Å². The number of ether oxygens (including phenoxy) is 4. The summed E-state index contributed by atoms with van der Waals surface area (Å²) in [6.07, 6.45) is -2.16. The van der Waals surface area contributed by atoms with E-state index in [0.717, 1.165) is 11.1 Å². The molecule has 0 N–H and O–H groups in total. The van der Waals surface area contributed by atoms with Crippen LogP contribution in [0.25, 0.3) is 0 Å². The molecule has 3 aromatic carbocycles. The number of methoxy groups -OCH3 is 2. The van der Waals surface area contributed by atoms with Crippen molar-refractivity contribution in [2.24, 2.45) is 0 Å². The molecule has 11 heteroatoms. The molecule has 3 rings (SSSR count). The fourth-order valence-corrected chi connectivity index (χ4v) is 4.45. The molecule has 0 aliphatic heterocycles. The number of hydrogen-bond donors (Lipinski definition) is 0. The van der Waals surface area contributed by atoms with Crippen LogP contribution in [0, 0.1) is 13.8 Å². The number of carbonyl (C=O) groups is 2. The molecule has 208 valence electrons. The monoisotopic (exact) mass is 613 g/mol. The van der Waals surface area contributed by atoms with E-state index in [1.54, 1.807) is 17.0 Å². The maximum atomic E-state index is 13.2. The first-order valence-corrected chi connectivity index (χ1v) is 13.2. The Hall–Kier alpha value is -2.52. The van der Waals surface area contributed by atoms with Gasteiger partial charge in [-0.15, -0.1) is 0 Å². The van der Waals surface area contributed by atoms with Gasteiger partial charge in [-0.3, -0.25) is 4.90 Å². The van der Waals surface area contributed by atoms with Gasteiger partial charge in [0.05, 0.1) is 21.2 Å². The number of benzene rings is 3. The summed E-state index contributed by atoms with van der Waals surface area (Å²) in [5.74, 6) is -1.50. The molecule has 0 fully saturated rings. The lowest BCUT2D eigenvalue weighted by molar-refractivity contribution is -0.0341. The number of anilines is 1. The van der Waals surface area contributed by atoms with Crippen LogP contribution in [0.15, 0.2) is 54.6 Å². The molecule has 39 heavy (non-hydrogen) atoms. The Labute approximate surface area is 247 Å². The summed E-state index contributed by atoms with van der Waals surface area (Å²) in [6.45, 7) is 3.72. The second-order valence-electron chi connectivity index (χ2n) is 8.55. The van der Waals surface area contributed by atoms with Gasteiger partial charge >= 0.3 is 11.9 Å². The average molecular weight is 615 g/mol. The SMILES string of the molecule is COCC(OC(=O)c1cc(Cl)ccc1Cl)N(c1ccc(C)c(C)c1)C(COC)OC(=O)c1cc(Cl)ccc1Cl. The Morgan fingerprint density at radius 2 is 1.15 bits per heavy atom. The highest BCUT2D eigenvalue weighted by molar-refractivity contribution is 6.36. The third-order valence-electron chi connectivity index (χ3n) is 5.81. The summed E-state index contributed by atoms with van der Waals surface area (Å²) in [7, 11) is 2.91. The van der Waals surface area contributed by atoms with Crippen molar-refractivity contribution in [2.45, 2.75) is 26.3 Å². The topological polar surface area (TPSA) is 74.3 Å². The minimum absolute atomic E-state index is 0.0660. The van der Waals surface area contributed by atoms with Crippen molar-refractivity contribution in [2.75, 3.05) is 32.3 Å². The fraction of sp³-hybridized carbons (Fsp3) is 0.286. The first-order chi connectivity index (χ1) is 18.5. The molecular formula is C28H27Cl4NO6. The standard InChI is InChI=1S/C28H27Cl4NO6/c1-16-5-8-20(11-17(16)2)33(25(14-36-3)38-27(34)21-12-18(29)6-9-23(21)31)26(15-37-4)39-28(35)22-13-19(30)7-10-24(22)32/h5-13,25-26H,14-15H2,1-4H3. The molecule has 2 unspecified atom stereocenters. The highest BCUT2D eigenvalue weighted by Gasteiger charge is 2.34. The zero-order chi connectivity index (χ0) is 28.7. The van der Waals surface area contributed by atoms with Gasteiger partial charge in [0, 0.05) is 30.0 Å². The van der Waals surface area contributed by atoms with E-state index in [0.29, 0.717) is 15.7 Å². The van der Waals surface area contributed by atoms with Gasteiger partial charge in [-0.05, 0) is 73.5 Å². The van der Waals surface area contributed by atoms with Crippen molar-refractivity contribution in [1.29, 1.82) is 0 Å². The summed E-state index contributed by atoms with van der Waals surface area (Å²) >= 11 is 24.7. The lowest BCUT2D eigenvalue weighted by Gasteiger charge is -2.38. The first-order valence-electron chi connectivity index (χ1n) is 11.7. The summed E-state index contributed by atoms with van der Waals surface area (Å²) < 4.78 is 22.6. The van der Waals surface area contributed by atoms with E-state index in [9.17, 15) is 9.59 Å². The molecule has 0 spiro atoms. The third kappa shape index (κ3) is 8.01. The van der Waals surface area contributed by atoms with E-state index >= 15 is 0 Å². The van der Waals surface area contributed by atoms with Crippen LogP contribution in [0.2, 0.25) is 20.1 Å². The molecule has 0 aromatic heterocycles. The molecule has 0 bridgehead atoms. The predicted octanol–water partition coefficient (Wildman–Crippen LogP) is 7.38. The number of rotatable bonds is 11. The van der Waals surface area contributed by atoms with Crippen molar-refractivity contribution < 1.29 is 28.5 Å². The van der Waals surface area contributed by atoms with E-state index in [2.05, 4.69) is 0 Å². The van der Waals surface area contributed by atoms with Crippen LogP contribution in [-0.2, 0) is 18.9 Å². The summed E-state index contributed by atoms with van der Waals surface area (Å²) in [6, 6.07) is 14.5. The van der Waals surface area contributed by atoms with Crippen molar-refractivity contribution in [3.8, 4) is 0 Å². The van der Waals surface area contributed by atoms with Crippen molar-refractivity contribution in [3.05, 3.63) is 96.9 Å². The molecule has 0 saturated carbocycles. The Morgan fingerprint density at radius 1 is 0.692 bits per heavy atom. The lowest BCUT2D eigenvalue weighted by atomic mass is 10.1. The van der Waals surface area contributed by atoms with Gasteiger partial charge in [-0.1, -0.05) is 52.5 Å². The zero-order valence-corrected chi connectivity index (χ0v) is 24.7. The normalized spacial score (nSPS) is 12.5. The van der Waals surface area contributed by atoms with Crippen LogP contribution in [0.1, 0.15) is 31.8 Å². The summed E-state index contributed by atoms with van der Waals surface area (Å²) in [5, 5.41) is 0.943. The average Bonchev–Trinajstić information content (AvgIpc) is 2.89. The second kappa shape index (κ2) is 14.2. The van der Waals surface area contributed by atoms with Crippen LogP contribution in [-0.4, -0.2) is 51.8 Å². The maximum Gasteiger partial charge on any atom is 0.341 e. The molecule has 0 amide bonds. The van der Waals surface area contributed by atoms with Crippen LogP contribution in [0.3, 0.4) is 0 Å². The molecule has 0 aliphatic carbocycles. The van der Waals surface area contributed by atoms with E-state index in [1.807, 2.05) is 32.0 Å². The number of halogens is 4. The minimum Gasteiger partial charge on any atom is -0.435 e. The first kappa shape index (κ1) is 31.0. The van der Waals surface area contributed by atoms with E-state index in [4.69, 9.17) is 65.4 Å². The van der Waals surface area contributed by atoms with Crippen LogP contribution in [0.5, 0.6) is 0 Å². The number of nitrogens with zero attached hydrogens (tertiary/aromatic N) is 1. The van der Waals surface area contributed by atoms with Gasteiger partial charge in [0.25, 0.3) is 0 Å². The molecule has 0 radical (unpaired) electrons. The van der Waals surface area contributed by atoms with Gasteiger partial charge in [-0.25, -0.2) is 9.59 Å². The van der Waals surface area contributed by atoms with Crippen molar-refractivity contribution >= 4 is 64.0 Å². The smallest absolute Gasteiger partial charge is 0.341 e. The number of hydrogen-bond acceptors (Lipinski definition) is 7. The van der Waals surface area contributed by atoms with E-state index in [-0.39, 0.29) is 34.4 Å². The third-order valence-corrected chi connectivity index (χ3v) is 6.94. The Morgan fingerprint density at radius 3 is 1.56 bits per heavy atom. The number of esters is 2. The van der Waals surface area contributed by atoms with Crippen LogP contribution >= 0.6 is 46.4 Å². The fourth-order valence-electron chi connectivity index (χ4n) is 3.71. The molecular weight excluding hydrogens is 588 g/mol. The molecule has 2 atom stereocenters. The van der Waals surface area contributed by atoms with Gasteiger partial charge in [-0.2, -0.15) is 0 Å². The molecule has 0 aliphatic rings. The maximum absolute atomic E-state index is 13.2. The van der Waals surface area contributed by atoms with Crippen molar-refractivity contribution in [3.63, 3.8) is 0 Å². The molecule has 7 nitrogen and oxygen atoms in total. The Kier molecular flexibility index (Phi) is 11.3. The Bertz CT molecular complexity index is 1260. The highest BCUT2D eigenvalue weighted by Crippen LogP contribution is 2.29. The van der Waals surface area contributed by atoms with E-state index < -0.39 is 24.4 Å². The van der Waals surface area contributed by atoms with Gasteiger partial charge in [0.1, 0.15) is 13.2 Å². The van der Waals surface area contributed by atoms with Gasteiger partial charge in [0.2, 0.25) is 12.5 Å². The highest BCUT2D eigenvalue weighted by atomic mass is 35.5. The summed E-state index contributed by atoms with van der Waals surface area (Å²) in [4.78, 5) is 28.1. The largest absolute Gasteiger partial charge is 0.435 e. The zero-order valence-electron chi connectivity index (χ0n) is 21.7. The molecule has 3 aromatic rings. The van der Waals surface area contributed by atoms with E-state index in [1.165, 1.54) is 38.5 Å². The lowest BCUT2D eigenvalue weighted by Crippen LogP contribution is -2.52. The number of carbonyl (C=O) groups excluding carboxylic acids is 2. The van der Waals surface area contributed by atoms with Gasteiger partial charge in [0.15, 0.2) is 0 Å². The second-order valence-corrected chi connectivity index (χ2v) is 10.2. The van der Waals surface area contributed by atoms with Gasteiger partial charge < -0.3 is 18.9 Å². The summed E-state index contributed by atoms with van der Waals surface area (Å²) in [5.41, 5.74) is 2.71. The predicted molar refractivity (Wildman–Crippen MR) is 153 cm³/mol. The molecule has 0 saturated heterocycles. The molecule has 0 heterocycles. The number of aryl methyl sites for hydroxylation is 2. The quantitative estimate of drug-likeness (QED) is 0.165. The minimum atomic E-state index is -1.08. The van der Waals surface area contributed by atoms with Crippen molar-refractivity contribution in [1.82, 2.24) is 0 Å².